The molecule has 0 aromatic carbocycles. The van der Waals surface area contributed by atoms with Crippen molar-refractivity contribution >= 4 is 0 Å². The molecule has 1 N–H and O–H groups in total. The first kappa shape index (κ1) is 10.8. The number of nitrogens with zero attached hydrogens (tertiary/aromatic N) is 2. The van der Waals surface area contributed by atoms with E-state index in [-0.39, 0.29) is 11.9 Å². The minimum Gasteiger partial charge on any atom is -0.364 e. The van der Waals surface area contributed by atoms with Gasteiger partial charge in [0.2, 0.25) is 0 Å². The summed E-state index contributed by atoms with van der Waals surface area (Å²) in [5, 5.41) is 6.97. The van der Waals surface area contributed by atoms with E-state index in [9.17, 15) is 4.39 Å². The first-order valence-corrected chi connectivity index (χ1v) is 4.99. The Morgan fingerprint density at radius 3 is 3.06 bits per heavy atom. The molecular weight excluding hydrogens is 209 g/mol. The second-order valence-corrected chi connectivity index (χ2v) is 3.53. The summed E-state index contributed by atoms with van der Waals surface area (Å²) in [6.45, 7) is 2.52. The fourth-order valence-electron chi connectivity index (χ4n) is 1.37. The van der Waals surface area contributed by atoms with Crippen molar-refractivity contribution in [3.63, 3.8) is 0 Å². The van der Waals surface area contributed by atoms with E-state index in [1.807, 2.05) is 6.92 Å². The molecule has 2 heterocycles. The Hall–Kier alpha value is -1.75. The molecule has 0 aliphatic heterocycles. The van der Waals surface area contributed by atoms with Crippen molar-refractivity contribution in [1.29, 1.82) is 0 Å². The molecular formula is C11H12FN3O. The third-order valence-corrected chi connectivity index (χ3v) is 2.31. The van der Waals surface area contributed by atoms with Crippen LogP contribution in [0.25, 0.3) is 0 Å². The summed E-state index contributed by atoms with van der Waals surface area (Å²) in [6, 6.07) is 3.26. The minimum absolute atomic E-state index is 0.0138. The van der Waals surface area contributed by atoms with Crippen molar-refractivity contribution in [1.82, 2.24) is 15.5 Å². The van der Waals surface area contributed by atoms with Crippen LogP contribution in [-0.4, -0.2) is 10.1 Å². The van der Waals surface area contributed by atoms with Gasteiger partial charge < -0.3 is 9.84 Å². The molecule has 2 rings (SSSR count). The average molecular weight is 221 g/mol. The second kappa shape index (κ2) is 4.85. The zero-order valence-corrected chi connectivity index (χ0v) is 8.85. The smallest absolute Gasteiger partial charge is 0.141 e. The lowest BCUT2D eigenvalue weighted by Gasteiger charge is -2.12. The maximum absolute atomic E-state index is 12.9. The normalized spacial score (nSPS) is 12.6. The Labute approximate surface area is 92.5 Å². The molecule has 2 aromatic rings. The molecule has 0 radical (unpaired) electrons. The highest BCUT2D eigenvalue weighted by atomic mass is 19.1. The second-order valence-electron chi connectivity index (χ2n) is 3.53. The van der Waals surface area contributed by atoms with E-state index in [2.05, 4.69) is 15.5 Å². The Bertz CT molecular complexity index is 444. The zero-order chi connectivity index (χ0) is 11.4. The maximum Gasteiger partial charge on any atom is 0.141 e. The van der Waals surface area contributed by atoms with Crippen LogP contribution >= 0.6 is 0 Å². The number of nitrogens with one attached hydrogen (secondary N) is 1. The van der Waals surface area contributed by atoms with Gasteiger partial charge in [-0.2, -0.15) is 0 Å². The number of pyridine rings is 1. The van der Waals surface area contributed by atoms with E-state index < -0.39 is 0 Å². The molecule has 0 fully saturated rings. The van der Waals surface area contributed by atoms with Gasteiger partial charge >= 0.3 is 0 Å². The number of aromatic nitrogens is 2. The number of halogens is 1. The van der Waals surface area contributed by atoms with E-state index >= 15 is 0 Å². The quantitative estimate of drug-likeness (QED) is 0.858. The summed E-state index contributed by atoms with van der Waals surface area (Å²) in [7, 11) is 0. The van der Waals surface area contributed by atoms with Crippen molar-refractivity contribution in [3.05, 3.63) is 47.9 Å². The summed E-state index contributed by atoms with van der Waals surface area (Å²) < 4.78 is 17.6. The van der Waals surface area contributed by atoms with Crippen LogP contribution in [0.4, 0.5) is 4.39 Å². The molecule has 16 heavy (non-hydrogen) atoms. The van der Waals surface area contributed by atoms with Gasteiger partial charge in [0.05, 0.1) is 11.9 Å². The summed E-state index contributed by atoms with van der Waals surface area (Å²) in [5.74, 6) is -0.326. The summed E-state index contributed by atoms with van der Waals surface area (Å²) in [4.78, 5) is 3.80. The van der Waals surface area contributed by atoms with Crippen LogP contribution in [0.2, 0.25) is 0 Å². The Balaban J connectivity index is 1.95. The molecule has 4 nitrogen and oxygen atoms in total. The predicted molar refractivity (Wildman–Crippen MR) is 56.0 cm³/mol. The highest BCUT2D eigenvalue weighted by Crippen LogP contribution is 2.12. The molecule has 0 amide bonds. The van der Waals surface area contributed by atoms with Crippen molar-refractivity contribution in [2.75, 3.05) is 0 Å². The highest BCUT2D eigenvalue weighted by Gasteiger charge is 2.07. The Morgan fingerprint density at radius 2 is 2.38 bits per heavy atom. The molecule has 1 unspecified atom stereocenters. The van der Waals surface area contributed by atoms with Gasteiger partial charge in [-0.1, -0.05) is 5.16 Å². The molecule has 0 aliphatic carbocycles. The SMILES string of the molecule is CC(NCc1ccon1)c1cncc(F)c1. The third kappa shape index (κ3) is 2.64. The van der Waals surface area contributed by atoms with Gasteiger partial charge in [0.1, 0.15) is 12.1 Å². The Morgan fingerprint density at radius 1 is 1.50 bits per heavy atom. The van der Waals surface area contributed by atoms with E-state index in [1.54, 1.807) is 12.3 Å². The predicted octanol–water partition coefficient (Wildman–Crippen LogP) is 2.06. The van der Waals surface area contributed by atoms with E-state index in [0.717, 1.165) is 11.3 Å². The molecule has 84 valence electrons. The van der Waals surface area contributed by atoms with Gasteiger partial charge in [-0.05, 0) is 18.6 Å². The fourth-order valence-corrected chi connectivity index (χ4v) is 1.37. The highest BCUT2D eigenvalue weighted by molar-refractivity contribution is 5.14. The molecule has 2 aromatic heterocycles. The standard InChI is InChI=1S/C11H12FN3O/c1-8(9-4-10(12)6-13-5-9)14-7-11-2-3-16-15-11/h2-6,8,14H,7H2,1H3. The van der Waals surface area contributed by atoms with Crippen molar-refractivity contribution in [2.24, 2.45) is 0 Å². The first-order chi connectivity index (χ1) is 7.75. The van der Waals surface area contributed by atoms with Gasteiger partial charge in [-0.15, -0.1) is 0 Å². The van der Waals surface area contributed by atoms with Crippen molar-refractivity contribution in [2.45, 2.75) is 19.5 Å². The molecule has 1 atom stereocenters. The first-order valence-electron chi connectivity index (χ1n) is 4.99. The monoisotopic (exact) mass is 221 g/mol. The third-order valence-electron chi connectivity index (χ3n) is 2.31. The average Bonchev–Trinajstić information content (AvgIpc) is 2.78. The van der Waals surface area contributed by atoms with Crippen LogP contribution in [0.5, 0.6) is 0 Å². The van der Waals surface area contributed by atoms with Crippen molar-refractivity contribution < 1.29 is 8.91 Å². The lowest BCUT2D eigenvalue weighted by atomic mass is 10.1. The van der Waals surface area contributed by atoms with Crippen molar-refractivity contribution in [3.8, 4) is 0 Å². The van der Waals surface area contributed by atoms with Gasteiger partial charge in [-0.3, -0.25) is 4.98 Å². The summed E-state index contributed by atoms with van der Waals surface area (Å²) in [5.41, 5.74) is 1.62. The largest absolute Gasteiger partial charge is 0.364 e. The lowest BCUT2D eigenvalue weighted by Crippen LogP contribution is -2.18. The molecule has 0 aliphatic rings. The van der Waals surface area contributed by atoms with Gasteiger partial charge in [0.15, 0.2) is 0 Å². The number of hydrogen-bond donors (Lipinski definition) is 1. The molecule has 5 heteroatoms. The van der Waals surface area contributed by atoms with Crippen LogP contribution in [-0.2, 0) is 6.54 Å². The van der Waals surface area contributed by atoms with Crippen LogP contribution in [0, 0.1) is 5.82 Å². The molecule has 0 bridgehead atoms. The minimum atomic E-state index is -0.326. The fraction of sp³-hybridized carbons (Fsp3) is 0.273. The van der Waals surface area contributed by atoms with Crippen LogP contribution in [0.1, 0.15) is 24.2 Å². The summed E-state index contributed by atoms with van der Waals surface area (Å²) in [6.07, 6.45) is 4.35. The molecule has 0 saturated carbocycles. The van der Waals surface area contributed by atoms with E-state index in [4.69, 9.17) is 4.52 Å². The van der Waals surface area contributed by atoms with Crippen LogP contribution in [0.3, 0.4) is 0 Å². The van der Waals surface area contributed by atoms with Gasteiger partial charge in [0.25, 0.3) is 0 Å². The number of rotatable bonds is 4. The van der Waals surface area contributed by atoms with E-state index in [1.165, 1.54) is 18.5 Å². The van der Waals surface area contributed by atoms with Crippen LogP contribution < -0.4 is 5.32 Å². The van der Waals surface area contributed by atoms with E-state index in [0.29, 0.717) is 6.54 Å². The number of hydrogen-bond acceptors (Lipinski definition) is 4. The summed E-state index contributed by atoms with van der Waals surface area (Å²) >= 11 is 0. The Kier molecular flexibility index (Phi) is 3.26. The van der Waals surface area contributed by atoms with Crippen LogP contribution in [0.15, 0.2) is 35.3 Å². The van der Waals surface area contributed by atoms with Gasteiger partial charge in [-0.25, -0.2) is 4.39 Å². The topological polar surface area (TPSA) is 51.0 Å². The molecule has 0 spiro atoms. The lowest BCUT2D eigenvalue weighted by molar-refractivity contribution is 0.406. The van der Waals surface area contributed by atoms with Gasteiger partial charge in [0, 0.05) is 24.8 Å². The zero-order valence-electron chi connectivity index (χ0n) is 8.85. The molecule has 0 saturated heterocycles. The maximum atomic E-state index is 12.9.